The maximum absolute atomic E-state index is 15.0. The average Bonchev–Trinajstić information content (AvgIpc) is 4.05. The molecule has 66 heavy (non-hydrogen) atoms. The minimum absolute atomic E-state index is 0.00759. The largest absolute Gasteiger partial charge is 0.471 e. The standard InChI is InChI=1S/C46H60F3N7O8S2/c1-7-9-10-14-19-32(52-42(60)64-43(3,4)5)40(58)56-25-29(23-34(56)37(57)54-45(24-28(45)8-2)41(59)55-66(61,62)44(6)21-22-44)63-38-36(46(47,48)49)53-35-30(18-15-20-31(35)50-38)39-51-33(26-65-39)27-16-12-11-13-17-27/h8,15,18,20,26-29,32,34H,2,7,9-14,16-17,19,21-25H2,1,3-6H3,(H,52,60)(H,54,57)(H,55,59). The van der Waals surface area contributed by atoms with Crippen LogP contribution in [0.25, 0.3) is 21.6 Å². The van der Waals surface area contributed by atoms with Crippen LogP contribution in [0.1, 0.15) is 142 Å². The number of alkyl halides is 3. The zero-order valence-electron chi connectivity index (χ0n) is 38.1. The summed E-state index contributed by atoms with van der Waals surface area (Å²) in [7, 11) is -4.12. The number of nitrogens with one attached hydrogen (secondary N) is 3. The lowest BCUT2D eigenvalue weighted by atomic mass is 9.87. The van der Waals surface area contributed by atoms with Crippen molar-refractivity contribution in [3.8, 4) is 16.5 Å². The number of carbonyl (C=O) groups is 4. The van der Waals surface area contributed by atoms with Crippen LogP contribution in [-0.2, 0) is 35.3 Å². The van der Waals surface area contributed by atoms with E-state index in [4.69, 9.17) is 14.5 Å². The van der Waals surface area contributed by atoms with Gasteiger partial charge >= 0.3 is 12.3 Å². The van der Waals surface area contributed by atoms with Crippen LogP contribution in [0.5, 0.6) is 5.88 Å². The van der Waals surface area contributed by atoms with Crippen LogP contribution < -0.4 is 20.1 Å². The van der Waals surface area contributed by atoms with Gasteiger partial charge in [-0.3, -0.25) is 19.1 Å². The van der Waals surface area contributed by atoms with E-state index in [0.29, 0.717) is 29.8 Å². The molecule has 3 N–H and O–H groups in total. The summed E-state index contributed by atoms with van der Waals surface area (Å²) in [6, 6.07) is 2.15. The van der Waals surface area contributed by atoms with Gasteiger partial charge in [-0.1, -0.05) is 64.0 Å². The van der Waals surface area contributed by atoms with E-state index in [2.05, 4.69) is 31.9 Å². The van der Waals surface area contributed by atoms with Crippen LogP contribution in [0, 0.1) is 5.92 Å². The second kappa shape index (κ2) is 19.0. The molecule has 15 nitrogen and oxygen atoms in total. The third kappa shape index (κ3) is 10.8. The Morgan fingerprint density at radius 3 is 2.41 bits per heavy atom. The fraction of sp³-hybridized carbons (Fsp3) is 0.630. The highest BCUT2D eigenvalue weighted by atomic mass is 32.2. The number of carbonyl (C=O) groups excluding carboxylic acids is 4. The Kier molecular flexibility index (Phi) is 14.2. The van der Waals surface area contributed by atoms with Crippen LogP contribution in [0.15, 0.2) is 36.2 Å². The van der Waals surface area contributed by atoms with Crippen LogP contribution in [0.2, 0.25) is 0 Å². The topological polar surface area (TPSA) is 199 Å². The van der Waals surface area contributed by atoms with E-state index in [-0.39, 0.29) is 36.2 Å². The molecule has 0 spiro atoms. The van der Waals surface area contributed by atoms with Gasteiger partial charge < -0.3 is 25.0 Å². The number of sulfonamides is 1. The lowest BCUT2D eigenvalue weighted by Gasteiger charge is -2.30. The summed E-state index contributed by atoms with van der Waals surface area (Å²) in [6.07, 6.45) is 3.02. The number of rotatable bonds is 17. The number of amides is 4. The van der Waals surface area contributed by atoms with Crippen molar-refractivity contribution in [2.75, 3.05) is 6.54 Å². The molecular formula is C46H60F3N7O8S2. The fourth-order valence-corrected chi connectivity index (χ4v) is 11.1. The van der Waals surface area contributed by atoms with Gasteiger partial charge in [0.1, 0.15) is 34.3 Å². The van der Waals surface area contributed by atoms with E-state index in [9.17, 15) is 27.6 Å². The number of likely N-dealkylation sites (tertiary alicyclic amines) is 1. The predicted molar refractivity (Wildman–Crippen MR) is 242 cm³/mol. The molecule has 3 saturated carbocycles. The number of halogens is 3. The maximum Gasteiger partial charge on any atom is 0.438 e. The number of fused-ring (bicyclic) bond motifs is 1. The first kappa shape index (κ1) is 49.1. The Morgan fingerprint density at radius 1 is 1.05 bits per heavy atom. The fourth-order valence-electron chi connectivity index (χ4n) is 8.83. The predicted octanol–water partition coefficient (Wildman–Crippen LogP) is 8.09. The van der Waals surface area contributed by atoms with Crippen molar-refractivity contribution in [1.82, 2.24) is 35.2 Å². The van der Waals surface area contributed by atoms with Gasteiger partial charge in [0.2, 0.25) is 33.4 Å². The number of unbranched alkanes of at least 4 members (excludes halogenated alkanes) is 3. The van der Waals surface area contributed by atoms with Gasteiger partial charge in [-0.15, -0.1) is 17.9 Å². The zero-order chi connectivity index (χ0) is 47.8. The van der Waals surface area contributed by atoms with Crippen molar-refractivity contribution in [3.63, 3.8) is 0 Å². The molecule has 20 heteroatoms. The molecule has 4 amide bonds. The zero-order valence-corrected chi connectivity index (χ0v) is 39.7. The van der Waals surface area contributed by atoms with Crippen LogP contribution in [0.4, 0.5) is 18.0 Å². The minimum Gasteiger partial charge on any atom is -0.471 e. The first-order chi connectivity index (χ1) is 31.1. The van der Waals surface area contributed by atoms with Crippen LogP contribution in [0.3, 0.4) is 0 Å². The second-order valence-electron chi connectivity index (χ2n) is 19.4. The number of alkyl carbamates (subject to hydrolysis) is 1. The van der Waals surface area contributed by atoms with Gasteiger partial charge in [-0.2, -0.15) is 13.2 Å². The van der Waals surface area contributed by atoms with Crippen LogP contribution >= 0.6 is 11.3 Å². The Bertz CT molecular complexity index is 2450. The number of para-hydroxylation sites is 1. The summed E-state index contributed by atoms with van der Waals surface area (Å²) in [4.78, 5) is 70.5. The van der Waals surface area contributed by atoms with E-state index >= 15 is 13.2 Å². The molecule has 3 aromatic rings. The highest BCUT2D eigenvalue weighted by Crippen LogP contribution is 2.47. The van der Waals surface area contributed by atoms with Gasteiger partial charge in [0.05, 0.1) is 28.0 Å². The Morgan fingerprint density at radius 2 is 1.77 bits per heavy atom. The summed E-state index contributed by atoms with van der Waals surface area (Å²) in [5.41, 5.74) is -2.70. The SMILES string of the molecule is C=CC1CC1(NC(=O)C1CC(Oc2nc3cccc(-c4nc(C5CCCCC5)cs4)c3nc2C(F)(F)F)CN1C(=O)C(CCCCCC)NC(=O)OC(C)(C)C)C(=O)NS(=O)(=O)C1(C)CC1. The molecule has 2 aromatic heterocycles. The normalized spacial score (nSPS) is 23.5. The molecule has 5 unspecified atom stereocenters. The quantitative estimate of drug-likeness (QED) is 0.0873. The second-order valence-corrected chi connectivity index (χ2v) is 22.4. The third-order valence-corrected chi connectivity index (χ3v) is 16.1. The first-order valence-corrected chi connectivity index (χ1v) is 25.3. The molecule has 360 valence electrons. The number of thiazole rings is 1. The average molecular weight is 960 g/mol. The van der Waals surface area contributed by atoms with E-state index in [1.807, 2.05) is 12.3 Å². The van der Waals surface area contributed by atoms with Crippen molar-refractivity contribution < 1.29 is 50.2 Å². The maximum atomic E-state index is 15.0. The number of benzene rings is 1. The Balaban J connectivity index is 1.20. The molecule has 0 radical (unpaired) electrons. The van der Waals surface area contributed by atoms with E-state index in [1.165, 1.54) is 30.4 Å². The van der Waals surface area contributed by atoms with E-state index in [1.54, 1.807) is 32.9 Å². The molecule has 0 bridgehead atoms. The van der Waals surface area contributed by atoms with Gasteiger partial charge in [0.25, 0.3) is 5.91 Å². The lowest BCUT2D eigenvalue weighted by Crippen LogP contribution is -2.58. The van der Waals surface area contributed by atoms with E-state index in [0.717, 1.165) is 62.0 Å². The Hall–Kier alpha value is -4.85. The molecular weight excluding hydrogens is 900 g/mol. The summed E-state index contributed by atoms with van der Waals surface area (Å²) < 4.78 is 83.8. The molecule has 3 heterocycles. The van der Waals surface area contributed by atoms with Crippen molar-refractivity contribution in [2.24, 2.45) is 5.92 Å². The summed E-state index contributed by atoms with van der Waals surface area (Å²) in [5, 5.41) is 7.79. The summed E-state index contributed by atoms with van der Waals surface area (Å²) >= 11 is 1.33. The van der Waals surface area contributed by atoms with Gasteiger partial charge in [0.15, 0.2) is 0 Å². The molecule has 5 atom stereocenters. The van der Waals surface area contributed by atoms with E-state index < -0.39 is 98.1 Å². The smallest absolute Gasteiger partial charge is 0.438 e. The number of aromatic nitrogens is 3. The number of hydrogen-bond acceptors (Lipinski definition) is 12. The number of ether oxygens (including phenoxy) is 2. The third-order valence-electron chi connectivity index (χ3n) is 13.1. The van der Waals surface area contributed by atoms with Crippen molar-refractivity contribution in [3.05, 3.63) is 47.6 Å². The highest BCUT2D eigenvalue weighted by Gasteiger charge is 2.63. The molecule has 1 aromatic carbocycles. The highest BCUT2D eigenvalue weighted by molar-refractivity contribution is 7.91. The monoisotopic (exact) mass is 959 g/mol. The molecule has 1 saturated heterocycles. The van der Waals surface area contributed by atoms with Gasteiger partial charge in [0, 0.05) is 29.2 Å². The Labute approximate surface area is 387 Å². The number of nitrogens with zero attached hydrogens (tertiary/aromatic N) is 4. The van der Waals surface area contributed by atoms with Crippen LogP contribution in [-0.4, -0.2) is 92.7 Å². The molecule has 4 fully saturated rings. The molecule has 1 aliphatic heterocycles. The van der Waals surface area contributed by atoms with Crippen molar-refractivity contribution in [2.45, 2.75) is 171 Å². The molecule has 3 aliphatic carbocycles. The molecule has 4 aliphatic rings. The van der Waals surface area contributed by atoms with Gasteiger partial charge in [-0.25, -0.2) is 28.2 Å². The lowest BCUT2D eigenvalue weighted by molar-refractivity contribution is -0.143. The molecule has 7 rings (SSSR count). The van der Waals surface area contributed by atoms with Crippen molar-refractivity contribution in [1.29, 1.82) is 0 Å². The first-order valence-electron chi connectivity index (χ1n) is 22.9. The van der Waals surface area contributed by atoms with Crippen molar-refractivity contribution >= 4 is 56.2 Å². The van der Waals surface area contributed by atoms with Gasteiger partial charge in [-0.05, 0) is 78.4 Å². The minimum atomic E-state index is -5.05. The summed E-state index contributed by atoms with van der Waals surface area (Å²) in [5.74, 6) is -3.83. The number of hydrogen-bond donors (Lipinski definition) is 3. The summed E-state index contributed by atoms with van der Waals surface area (Å²) in [6.45, 7) is 11.8.